The number of carbonyl (C=O) groups excluding carboxylic acids is 1. The van der Waals surface area contributed by atoms with E-state index in [9.17, 15) is 4.79 Å². The van der Waals surface area contributed by atoms with Gasteiger partial charge < -0.3 is 4.90 Å². The van der Waals surface area contributed by atoms with Crippen LogP contribution in [0.1, 0.15) is 23.1 Å². The van der Waals surface area contributed by atoms with E-state index in [1.54, 1.807) is 24.1 Å². The summed E-state index contributed by atoms with van der Waals surface area (Å²) in [5, 5.41) is 5.58. The Bertz CT molecular complexity index is 909. The summed E-state index contributed by atoms with van der Waals surface area (Å²) in [6, 6.07) is 15.5. The van der Waals surface area contributed by atoms with Crippen LogP contribution in [0.4, 0.5) is 0 Å². The second-order valence-electron chi connectivity index (χ2n) is 6.52. The lowest BCUT2D eigenvalue weighted by Crippen LogP contribution is -2.26. The molecule has 2 aromatic carbocycles. The number of carbonyl (C=O) groups is 1. The molecule has 0 unspecified atom stereocenters. The summed E-state index contributed by atoms with van der Waals surface area (Å²) in [4.78, 5) is 14.1. The van der Waals surface area contributed by atoms with Crippen molar-refractivity contribution in [2.24, 2.45) is 0 Å². The van der Waals surface area contributed by atoms with Crippen molar-refractivity contribution in [1.82, 2.24) is 14.7 Å². The van der Waals surface area contributed by atoms with Crippen molar-refractivity contribution < 1.29 is 4.79 Å². The average molecular weight is 402 g/mol. The summed E-state index contributed by atoms with van der Waals surface area (Å²) in [6.45, 7) is 1.25. The zero-order valence-electron chi connectivity index (χ0n) is 15.1. The smallest absolute Gasteiger partial charge is 0.222 e. The number of amides is 1. The fraction of sp³-hybridized carbons (Fsp3) is 0.238. The second kappa shape index (κ2) is 9.07. The van der Waals surface area contributed by atoms with Crippen molar-refractivity contribution in [3.63, 3.8) is 0 Å². The molecule has 1 aromatic heterocycles. The minimum atomic E-state index is 0.0665. The second-order valence-corrected chi connectivity index (χ2v) is 7.36. The quantitative estimate of drug-likeness (QED) is 0.568. The van der Waals surface area contributed by atoms with E-state index in [1.807, 2.05) is 41.3 Å². The molecule has 0 aliphatic heterocycles. The van der Waals surface area contributed by atoms with Gasteiger partial charge in [-0.15, -0.1) is 0 Å². The molecule has 1 heterocycles. The first-order valence-electron chi connectivity index (χ1n) is 8.74. The predicted octanol–water partition coefficient (Wildman–Crippen LogP) is 4.83. The highest BCUT2D eigenvalue weighted by molar-refractivity contribution is 6.35. The first-order valence-corrected chi connectivity index (χ1v) is 9.50. The van der Waals surface area contributed by atoms with E-state index in [2.05, 4.69) is 17.2 Å². The maximum atomic E-state index is 12.4. The average Bonchev–Trinajstić information content (AvgIpc) is 3.08. The molecule has 4 nitrogen and oxygen atoms in total. The van der Waals surface area contributed by atoms with E-state index >= 15 is 0 Å². The Hall–Kier alpha value is -2.30. The SMILES string of the molecule is CN(Cc1cnn(Cc2ccccc2)c1)C(=O)CCc1ccc(Cl)cc1Cl. The summed E-state index contributed by atoms with van der Waals surface area (Å²) in [6.07, 6.45) is 4.78. The molecule has 0 aliphatic rings. The third-order valence-electron chi connectivity index (χ3n) is 4.34. The van der Waals surface area contributed by atoms with Crippen LogP contribution < -0.4 is 0 Å². The van der Waals surface area contributed by atoms with E-state index < -0.39 is 0 Å². The molecule has 0 saturated carbocycles. The molecule has 0 radical (unpaired) electrons. The number of hydrogen-bond acceptors (Lipinski definition) is 2. The van der Waals surface area contributed by atoms with E-state index in [-0.39, 0.29) is 5.91 Å². The molecular weight excluding hydrogens is 381 g/mol. The topological polar surface area (TPSA) is 38.1 Å². The third kappa shape index (κ3) is 5.59. The highest BCUT2D eigenvalue weighted by Crippen LogP contribution is 2.22. The van der Waals surface area contributed by atoms with Gasteiger partial charge in [0, 0.05) is 41.8 Å². The Balaban J connectivity index is 1.52. The predicted molar refractivity (Wildman–Crippen MR) is 109 cm³/mol. The largest absolute Gasteiger partial charge is 0.341 e. The molecule has 0 fully saturated rings. The van der Waals surface area contributed by atoms with Gasteiger partial charge in [0.05, 0.1) is 12.7 Å². The lowest BCUT2D eigenvalue weighted by Gasteiger charge is -2.16. The van der Waals surface area contributed by atoms with Gasteiger partial charge in [-0.1, -0.05) is 59.6 Å². The fourth-order valence-corrected chi connectivity index (χ4v) is 3.37. The van der Waals surface area contributed by atoms with E-state index in [1.165, 1.54) is 5.56 Å². The van der Waals surface area contributed by atoms with Gasteiger partial charge in [0.25, 0.3) is 0 Å². The van der Waals surface area contributed by atoms with Crippen LogP contribution in [-0.4, -0.2) is 27.6 Å². The van der Waals surface area contributed by atoms with Gasteiger partial charge in [-0.05, 0) is 29.7 Å². The molecule has 0 aliphatic carbocycles. The Morgan fingerprint density at radius 3 is 2.63 bits per heavy atom. The molecule has 3 rings (SSSR count). The number of nitrogens with zero attached hydrogens (tertiary/aromatic N) is 3. The van der Waals surface area contributed by atoms with Gasteiger partial charge in [0.15, 0.2) is 0 Å². The van der Waals surface area contributed by atoms with Crippen LogP contribution in [0.3, 0.4) is 0 Å². The molecule has 27 heavy (non-hydrogen) atoms. The van der Waals surface area contributed by atoms with Crippen molar-refractivity contribution in [1.29, 1.82) is 0 Å². The molecule has 140 valence electrons. The normalized spacial score (nSPS) is 10.8. The lowest BCUT2D eigenvalue weighted by molar-refractivity contribution is -0.130. The summed E-state index contributed by atoms with van der Waals surface area (Å²) in [5.41, 5.74) is 3.13. The van der Waals surface area contributed by atoms with Crippen molar-refractivity contribution in [3.05, 3.63) is 87.7 Å². The number of aryl methyl sites for hydroxylation is 1. The van der Waals surface area contributed by atoms with Gasteiger partial charge >= 0.3 is 0 Å². The number of aromatic nitrogens is 2. The standard InChI is InChI=1S/C21H21Cl2N3O/c1-25(21(27)10-8-18-7-9-19(22)11-20(18)23)13-17-12-24-26(15-17)14-16-5-3-2-4-6-16/h2-7,9,11-12,15H,8,10,13-14H2,1H3. The van der Waals surface area contributed by atoms with Gasteiger partial charge in [0.2, 0.25) is 5.91 Å². The van der Waals surface area contributed by atoms with Crippen molar-refractivity contribution in [2.75, 3.05) is 7.05 Å². The highest BCUT2D eigenvalue weighted by Gasteiger charge is 2.12. The van der Waals surface area contributed by atoms with Crippen LogP contribution in [0.25, 0.3) is 0 Å². The van der Waals surface area contributed by atoms with Crippen LogP contribution in [-0.2, 0) is 24.3 Å². The summed E-state index contributed by atoms with van der Waals surface area (Å²) < 4.78 is 1.89. The molecular formula is C21H21Cl2N3O. The Morgan fingerprint density at radius 2 is 1.89 bits per heavy atom. The maximum Gasteiger partial charge on any atom is 0.222 e. The van der Waals surface area contributed by atoms with Crippen molar-refractivity contribution >= 4 is 29.1 Å². The Morgan fingerprint density at radius 1 is 1.11 bits per heavy atom. The molecule has 0 N–H and O–H groups in total. The third-order valence-corrected chi connectivity index (χ3v) is 4.93. The molecule has 0 saturated heterocycles. The molecule has 1 amide bonds. The molecule has 0 bridgehead atoms. The summed E-state index contributed by atoms with van der Waals surface area (Å²) in [7, 11) is 1.81. The van der Waals surface area contributed by atoms with Crippen LogP contribution in [0.5, 0.6) is 0 Å². The number of benzene rings is 2. The minimum absolute atomic E-state index is 0.0665. The Labute approximate surface area is 169 Å². The monoisotopic (exact) mass is 401 g/mol. The molecule has 0 atom stereocenters. The van der Waals surface area contributed by atoms with Crippen LogP contribution in [0.2, 0.25) is 10.0 Å². The van der Waals surface area contributed by atoms with Gasteiger partial charge in [-0.3, -0.25) is 9.48 Å². The van der Waals surface area contributed by atoms with Crippen molar-refractivity contribution in [2.45, 2.75) is 25.9 Å². The zero-order chi connectivity index (χ0) is 19.2. The van der Waals surface area contributed by atoms with Crippen LogP contribution in [0.15, 0.2) is 60.9 Å². The molecule has 3 aromatic rings. The van der Waals surface area contributed by atoms with Gasteiger partial charge in [-0.2, -0.15) is 5.10 Å². The number of halogens is 2. The zero-order valence-corrected chi connectivity index (χ0v) is 16.6. The number of hydrogen-bond donors (Lipinski definition) is 0. The first-order chi connectivity index (χ1) is 13.0. The molecule has 6 heteroatoms. The van der Waals surface area contributed by atoms with Gasteiger partial charge in [0.1, 0.15) is 0 Å². The van der Waals surface area contributed by atoms with Crippen LogP contribution >= 0.6 is 23.2 Å². The molecule has 0 spiro atoms. The van der Waals surface area contributed by atoms with E-state index in [4.69, 9.17) is 23.2 Å². The lowest BCUT2D eigenvalue weighted by atomic mass is 10.1. The van der Waals surface area contributed by atoms with E-state index in [0.717, 1.165) is 11.1 Å². The Kier molecular flexibility index (Phi) is 6.54. The number of rotatable bonds is 7. The maximum absolute atomic E-state index is 12.4. The first kappa shape index (κ1) is 19.5. The van der Waals surface area contributed by atoms with E-state index in [0.29, 0.717) is 36.0 Å². The summed E-state index contributed by atoms with van der Waals surface area (Å²) in [5.74, 6) is 0.0665. The van der Waals surface area contributed by atoms with Gasteiger partial charge in [-0.25, -0.2) is 0 Å². The highest BCUT2D eigenvalue weighted by atomic mass is 35.5. The van der Waals surface area contributed by atoms with Crippen LogP contribution in [0, 0.1) is 0 Å². The fourth-order valence-electron chi connectivity index (χ4n) is 2.86. The minimum Gasteiger partial charge on any atom is -0.341 e. The summed E-state index contributed by atoms with van der Waals surface area (Å²) >= 11 is 12.1. The van der Waals surface area contributed by atoms with Crippen molar-refractivity contribution in [3.8, 4) is 0 Å².